The Morgan fingerprint density at radius 2 is 2.11 bits per heavy atom. The molecule has 0 atom stereocenters. The highest BCUT2D eigenvalue weighted by atomic mass is 32.2. The summed E-state index contributed by atoms with van der Waals surface area (Å²) >= 11 is 3.31. The number of likely N-dealkylation sites (N-methyl/N-ethyl adjacent to an activating group) is 1. The molecule has 4 rings (SSSR count). The van der Waals surface area contributed by atoms with E-state index in [0.29, 0.717) is 11.5 Å². The summed E-state index contributed by atoms with van der Waals surface area (Å²) in [6.07, 6.45) is 0.991. The van der Waals surface area contributed by atoms with E-state index in [4.69, 9.17) is 4.42 Å². The number of carbonyl (C=O) groups is 1. The van der Waals surface area contributed by atoms with Crippen LogP contribution < -0.4 is 0 Å². The van der Waals surface area contributed by atoms with Crippen molar-refractivity contribution in [2.75, 3.05) is 33.2 Å². The summed E-state index contributed by atoms with van der Waals surface area (Å²) in [6, 6.07) is 7.91. The van der Waals surface area contributed by atoms with Crippen LogP contribution in [0.3, 0.4) is 0 Å². The van der Waals surface area contributed by atoms with Gasteiger partial charge in [0.15, 0.2) is 5.76 Å². The second kappa shape index (κ2) is 8.04. The molecule has 0 saturated carbocycles. The van der Waals surface area contributed by atoms with Crippen LogP contribution in [0, 0.1) is 6.92 Å². The van der Waals surface area contributed by atoms with Gasteiger partial charge in [-0.25, -0.2) is 4.98 Å². The summed E-state index contributed by atoms with van der Waals surface area (Å²) in [5.41, 5.74) is 2.79. The number of thioether (sulfide) groups is 1. The third-order valence-electron chi connectivity index (χ3n) is 4.84. The number of thiazole rings is 1. The van der Waals surface area contributed by atoms with Crippen molar-refractivity contribution in [1.82, 2.24) is 14.8 Å². The molecule has 0 unspecified atom stereocenters. The van der Waals surface area contributed by atoms with Crippen LogP contribution in [0.4, 0.5) is 0 Å². The summed E-state index contributed by atoms with van der Waals surface area (Å²) in [4.78, 5) is 22.0. The molecule has 1 saturated heterocycles. The van der Waals surface area contributed by atoms with E-state index in [0.717, 1.165) is 59.2 Å². The predicted octanol–water partition coefficient (Wildman–Crippen LogP) is 4.27. The number of aryl methyl sites for hydroxylation is 1. The fraction of sp³-hybridized carbons (Fsp3) is 0.400. The summed E-state index contributed by atoms with van der Waals surface area (Å²) in [7, 11) is 2.10. The maximum Gasteiger partial charge on any atom is 0.289 e. The van der Waals surface area contributed by atoms with Gasteiger partial charge in [-0.1, -0.05) is 30.0 Å². The third-order valence-corrected chi connectivity index (χ3v) is 7.00. The van der Waals surface area contributed by atoms with E-state index < -0.39 is 0 Å². The van der Waals surface area contributed by atoms with Gasteiger partial charge >= 0.3 is 0 Å². The molecular weight excluding hydrogens is 378 g/mol. The molecule has 7 heteroatoms. The molecular formula is C20H23N3O2S2. The maximum atomic E-state index is 13.3. The highest BCUT2D eigenvalue weighted by Crippen LogP contribution is 2.34. The van der Waals surface area contributed by atoms with E-state index in [2.05, 4.69) is 22.3 Å². The minimum Gasteiger partial charge on any atom is -0.451 e. The van der Waals surface area contributed by atoms with Crippen molar-refractivity contribution in [3.8, 4) is 0 Å². The standard InChI is InChI=1S/C20H23N3O2S2/c1-14-12-26-20(21-14)27-13-16-15-6-3-4-7-17(15)25-18(16)19(24)23-9-5-8-22(2)10-11-23/h3-4,6-7,12H,5,8-11,13H2,1-2H3. The number of fused-ring (bicyclic) bond motifs is 1. The highest BCUT2D eigenvalue weighted by Gasteiger charge is 2.26. The molecule has 1 aromatic carbocycles. The molecule has 1 fully saturated rings. The number of aromatic nitrogens is 1. The minimum atomic E-state index is 0.00687. The number of amides is 1. The van der Waals surface area contributed by atoms with Crippen molar-refractivity contribution in [3.05, 3.63) is 46.7 Å². The van der Waals surface area contributed by atoms with Gasteiger partial charge < -0.3 is 14.2 Å². The molecule has 0 spiro atoms. The van der Waals surface area contributed by atoms with Gasteiger partial charge in [-0.2, -0.15) is 0 Å². The van der Waals surface area contributed by atoms with Gasteiger partial charge in [0.25, 0.3) is 5.91 Å². The van der Waals surface area contributed by atoms with E-state index >= 15 is 0 Å². The Kier molecular flexibility index (Phi) is 5.52. The molecule has 2 aromatic heterocycles. The number of hydrogen-bond donors (Lipinski definition) is 0. The molecule has 0 bridgehead atoms. The number of furan rings is 1. The lowest BCUT2D eigenvalue weighted by Gasteiger charge is -2.19. The Hall–Kier alpha value is -1.83. The lowest BCUT2D eigenvalue weighted by Crippen LogP contribution is -2.34. The minimum absolute atomic E-state index is 0.00687. The summed E-state index contributed by atoms with van der Waals surface area (Å²) < 4.78 is 7.06. The van der Waals surface area contributed by atoms with Crippen LogP contribution in [0.2, 0.25) is 0 Å². The topological polar surface area (TPSA) is 49.6 Å². The van der Waals surface area contributed by atoms with Crippen molar-refractivity contribution in [1.29, 1.82) is 0 Å². The van der Waals surface area contributed by atoms with E-state index in [1.165, 1.54) is 0 Å². The second-order valence-corrected chi connectivity index (χ2v) is 8.98. The van der Waals surface area contributed by atoms with Gasteiger partial charge in [-0.3, -0.25) is 4.79 Å². The van der Waals surface area contributed by atoms with E-state index in [1.54, 1.807) is 23.1 Å². The van der Waals surface area contributed by atoms with Crippen molar-refractivity contribution in [2.45, 2.75) is 23.4 Å². The average molecular weight is 402 g/mol. The van der Waals surface area contributed by atoms with Crippen LogP contribution in [0.1, 0.15) is 28.2 Å². The first-order chi connectivity index (χ1) is 13.1. The van der Waals surface area contributed by atoms with Gasteiger partial charge in [-0.15, -0.1) is 11.3 Å². The van der Waals surface area contributed by atoms with Crippen LogP contribution in [-0.4, -0.2) is 53.9 Å². The van der Waals surface area contributed by atoms with E-state index in [-0.39, 0.29) is 5.91 Å². The Morgan fingerprint density at radius 3 is 2.93 bits per heavy atom. The monoisotopic (exact) mass is 401 g/mol. The number of benzene rings is 1. The van der Waals surface area contributed by atoms with Crippen molar-refractivity contribution >= 4 is 40.0 Å². The van der Waals surface area contributed by atoms with Gasteiger partial charge in [0.05, 0.1) is 0 Å². The van der Waals surface area contributed by atoms with Crippen molar-refractivity contribution in [3.63, 3.8) is 0 Å². The molecule has 0 N–H and O–H groups in total. The largest absolute Gasteiger partial charge is 0.451 e. The molecule has 0 aliphatic carbocycles. The number of para-hydroxylation sites is 1. The molecule has 27 heavy (non-hydrogen) atoms. The quantitative estimate of drug-likeness (QED) is 0.611. The molecule has 1 aliphatic rings. The lowest BCUT2D eigenvalue weighted by molar-refractivity contribution is 0.0732. The zero-order valence-corrected chi connectivity index (χ0v) is 17.2. The number of rotatable bonds is 4. The Morgan fingerprint density at radius 1 is 1.26 bits per heavy atom. The molecule has 0 radical (unpaired) electrons. The zero-order valence-electron chi connectivity index (χ0n) is 15.6. The first kappa shape index (κ1) is 18.5. The second-order valence-electron chi connectivity index (χ2n) is 6.90. The Bertz CT molecular complexity index is 950. The molecule has 3 aromatic rings. The highest BCUT2D eigenvalue weighted by molar-refractivity contribution is 8.00. The number of carbonyl (C=O) groups excluding carboxylic acids is 1. The summed E-state index contributed by atoms with van der Waals surface area (Å²) in [6.45, 7) is 5.44. The first-order valence-electron chi connectivity index (χ1n) is 9.15. The lowest BCUT2D eigenvalue weighted by atomic mass is 10.1. The van der Waals surface area contributed by atoms with E-state index in [1.807, 2.05) is 36.1 Å². The van der Waals surface area contributed by atoms with Crippen molar-refractivity contribution < 1.29 is 9.21 Å². The Balaban J connectivity index is 1.63. The van der Waals surface area contributed by atoms with Crippen LogP contribution in [-0.2, 0) is 5.75 Å². The fourth-order valence-corrected chi connectivity index (χ4v) is 5.22. The van der Waals surface area contributed by atoms with Gasteiger partial charge in [0, 0.05) is 47.4 Å². The SMILES string of the molecule is Cc1csc(SCc2c(C(=O)N3CCCN(C)CC3)oc3ccccc23)n1. The smallest absolute Gasteiger partial charge is 0.289 e. The molecule has 5 nitrogen and oxygen atoms in total. The molecule has 142 valence electrons. The van der Waals surface area contributed by atoms with Crippen LogP contribution >= 0.6 is 23.1 Å². The van der Waals surface area contributed by atoms with E-state index in [9.17, 15) is 4.79 Å². The summed E-state index contributed by atoms with van der Waals surface area (Å²) in [5.74, 6) is 1.17. The molecule has 3 heterocycles. The van der Waals surface area contributed by atoms with Gasteiger partial charge in [-0.05, 0) is 33.0 Å². The molecule has 1 amide bonds. The maximum absolute atomic E-state index is 13.3. The average Bonchev–Trinajstić information content (AvgIpc) is 3.18. The first-order valence-corrected chi connectivity index (χ1v) is 11.0. The van der Waals surface area contributed by atoms with Crippen LogP contribution in [0.25, 0.3) is 11.0 Å². The van der Waals surface area contributed by atoms with Gasteiger partial charge in [0.1, 0.15) is 9.92 Å². The van der Waals surface area contributed by atoms with Crippen molar-refractivity contribution in [2.24, 2.45) is 0 Å². The predicted molar refractivity (Wildman–Crippen MR) is 111 cm³/mol. The number of nitrogens with zero attached hydrogens (tertiary/aromatic N) is 3. The summed E-state index contributed by atoms with van der Waals surface area (Å²) in [5, 5.41) is 3.07. The Labute approximate surface area is 167 Å². The third kappa shape index (κ3) is 4.05. The fourth-order valence-electron chi connectivity index (χ4n) is 3.34. The normalized spacial score (nSPS) is 16.0. The number of hydrogen-bond acceptors (Lipinski definition) is 6. The van der Waals surface area contributed by atoms with Gasteiger partial charge in [0.2, 0.25) is 0 Å². The molecule has 1 aliphatic heterocycles. The van der Waals surface area contributed by atoms with Crippen LogP contribution in [0.15, 0.2) is 38.4 Å². The zero-order chi connectivity index (χ0) is 18.8. The van der Waals surface area contributed by atoms with Crippen LogP contribution in [0.5, 0.6) is 0 Å².